The van der Waals surface area contributed by atoms with Gasteiger partial charge in [0.1, 0.15) is 0 Å². The average molecular weight is 263 g/mol. The monoisotopic (exact) mass is 263 g/mol. The van der Waals surface area contributed by atoms with Gasteiger partial charge in [0.25, 0.3) is 0 Å². The third-order valence-corrected chi connectivity index (χ3v) is 3.61. The van der Waals surface area contributed by atoms with Crippen LogP contribution in [0.15, 0.2) is 18.3 Å². The highest BCUT2D eigenvalue weighted by Gasteiger charge is 2.17. The van der Waals surface area contributed by atoms with Gasteiger partial charge in [-0.15, -0.1) is 0 Å². The SMILES string of the molecule is CN(C)CCN1CCN(c2ccnc(CN)c2)CC1. The highest BCUT2D eigenvalue weighted by molar-refractivity contribution is 5.47. The van der Waals surface area contributed by atoms with Crippen molar-refractivity contribution in [1.82, 2.24) is 14.8 Å². The van der Waals surface area contributed by atoms with E-state index in [0.29, 0.717) is 6.54 Å². The van der Waals surface area contributed by atoms with Crippen molar-refractivity contribution in [2.75, 3.05) is 58.3 Å². The first-order valence-corrected chi connectivity index (χ1v) is 6.96. The van der Waals surface area contributed by atoms with E-state index in [1.165, 1.54) is 5.69 Å². The lowest BCUT2D eigenvalue weighted by Gasteiger charge is -2.36. The number of likely N-dealkylation sites (N-methyl/N-ethyl adjacent to an activating group) is 1. The number of nitrogens with two attached hydrogens (primary N) is 1. The number of nitrogens with zero attached hydrogens (tertiary/aromatic N) is 4. The summed E-state index contributed by atoms with van der Waals surface area (Å²) in [6.07, 6.45) is 1.86. The van der Waals surface area contributed by atoms with Crippen molar-refractivity contribution in [3.8, 4) is 0 Å². The topological polar surface area (TPSA) is 48.6 Å². The smallest absolute Gasteiger partial charge is 0.0560 e. The first kappa shape index (κ1) is 14.2. The summed E-state index contributed by atoms with van der Waals surface area (Å²) >= 11 is 0. The summed E-state index contributed by atoms with van der Waals surface area (Å²) in [4.78, 5) is 11.4. The second kappa shape index (κ2) is 6.84. The van der Waals surface area contributed by atoms with Gasteiger partial charge < -0.3 is 15.5 Å². The number of aromatic nitrogens is 1. The second-order valence-electron chi connectivity index (χ2n) is 5.34. The molecule has 19 heavy (non-hydrogen) atoms. The molecule has 1 aromatic heterocycles. The normalized spacial score (nSPS) is 17.2. The van der Waals surface area contributed by atoms with Crippen molar-refractivity contribution >= 4 is 5.69 Å². The molecule has 106 valence electrons. The molecule has 2 rings (SSSR count). The number of hydrogen-bond acceptors (Lipinski definition) is 5. The molecule has 2 N–H and O–H groups in total. The molecule has 0 saturated carbocycles. The molecule has 5 heteroatoms. The minimum Gasteiger partial charge on any atom is -0.369 e. The molecular formula is C14H25N5. The van der Waals surface area contributed by atoms with Gasteiger partial charge in [0.2, 0.25) is 0 Å². The zero-order valence-corrected chi connectivity index (χ0v) is 12.0. The van der Waals surface area contributed by atoms with Crippen LogP contribution in [0.4, 0.5) is 5.69 Å². The van der Waals surface area contributed by atoms with E-state index in [1.807, 2.05) is 6.20 Å². The largest absolute Gasteiger partial charge is 0.369 e. The van der Waals surface area contributed by atoms with E-state index < -0.39 is 0 Å². The average Bonchev–Trinajstić information content (AvgIpc) is 2.45. The fourth-order valence-corrected chi connectivity index (χ4v) is 2.34. The molecule has 0 amide bonds. The lowest BCUT2D eigenvalue weighted by atomic mass is 10.2. The number of rotatable bonds is 5. The maximum absolute atomic E-state index is 5.64. The van der Waals surface area contributed by atoms with Crippen molar-refractivity contribution in [3.63, 3.8) is 0 Å². The summed E-state index contributed by atoms with van der Waals surface area (Å²) in [6.45, 7) is 7.24. The number of anilines is 1. The molecular weight excluding hydrogens is 238 g/mol. The predicted molar refractivity (Wildman–Crippen MR) is 79.3 cm³/mol. The summed E-state index contributed by atoms with van der Waals surface area (Å²) in [5.74, 6) is 0. The number of pyridine rings is 1. The molecule has 5 nitrogen and oxygen atoms in total. The van der Waals surface area contributed by atoms with E-state index in [9.17, 15) is 0 Å². The Morgan fingerprint density at radius 2 is 2.00 bits per heavy atom. The number of hydrogen-bond donors (Lipinski definition) is 1. The molecule has 0 bridgehead atoms. The van der Waals surface area contributed by atoms with Crippen LogP contribution in [-0.2, 0) is 6.54 Å². The second-order valence-corrected chi connectivity index (χ2v) is 5.34. The van der Waals surface area contributed by atoms with Gasteiger partial charge in [0.15, 0.2) is 0 Å². The molecule has 1 aliphatic rings. The molecule has 1 aliphatic heterocycles. The van der Waals surface area contributed by atoms with Crippen LogP contribution in [0.25, 0.3) is 0 Å². The molecule has 2 heterocycles. The molecule has 1 fully saturated rings. The van der Waals surface area contributed by atoms with Crippen molar-refractivity contribution in [2.24, 2.45) is 5.73 Å². The zero-order chi connectivity index (χ0) is 13.7. The Kier molecular flexibility index (Phi) is 5.13. The van der Waals surface area contributed by atoms with Gasteiger partial charge in [-0.3, -0.25) is 9.88 Å². The molecule has 0 spiro atoms. The highest BCUT2D eigenvalue weighted by atomic mass is 15.3. The molecule has 0 aromatic carbocycles. The molecule has 0 aliphatic carbocycles. The minimum absolute atomic E-state index is 0.511. The molecule has 1 aromatic rings. The predicted octanol–water partition coefficient (Wildman–Crippen LogP) is 0.224. The standard InChI is InChI=1S/C14H25N5/c1-17(2)5-6-18-7-9-19(10-8-18)14-3-4-16-13(11-14)12-15/h3-4,11H,5-10,12,15H2,1-2H3. The lowest BCUT2D eigenvalue weighted by Crippen LogP contribution is -2.48. The van der Waals surface area contributed by atoms with Crippen molar-refractivity contribution < 1.29 is 0 Å². The van der Waals surface area contributed by atoms with Gasteiger partial charge in [-0.05, 0) is 26.2 Å². The van der Waals surface area contributed by atoms with Crippen LogP contribution in [0.3, 0.4) is 0 Å². The Bertz CT molecular complexity index is 385. The van der Waals surface area contributed by atoms with Crippen LogP contribution >= 0.6 is 0 Å². The van der Waals surface area contributed by atoms with Gasteiger partial charge in [0.05, 0.1) is 5.69 Å². The maximum atomic E-state index is 5.64. The quantitative estimate of drug-likeness (QED) is 0.824. The first-order valence-electron chi connectivity index (χ1n) is 6.96. The van der Waals surface area contributed by atoms with E-state index in [4.69, 9.17) is 5.73 Å². The van der Waals surface area contributed by atoms with Gasteiger partial charge in [0, 0.05) is 57.7 Å². The minimum atomic E-state index is 0.511. The van der Waals surface area contributed by atoms with Crippen LogP contribution < -0.4 is 10.6 Å². The first-order chi connectivity index (χ1) is 9.19. The Balaban J connectivity index is 1.85. The number of piperazine rings is 1. The third kappa shape index (κ3) is 4.16. The Morgan fingerprint density at radius 3 is 2.63 bits per heavy atom. The van der Waals surface area contributed by atoms with E-state index in [1.54, 1.807) is 0 Å². The summed E-state index contributed by atoms with van der Waals surface area (Å²) < 4.78 is 0. The van der Waals surface area contributed by atoms with E-state index >= 15 is 0 Å². The fraction of sp³-hybridized carbons (Fsp3) is 0.643. The van der Waals surface area contributed by atoms with Gasteiger partial charge >= 0.3 is 0 Å². The molecule has 0 atom stereocenters. The Hall–Kier alpha value is -1.17. The summed E-state index contributed by atoms with van der Waals surface area (Å²) in [6, 6.07) is 4.18. The summed E-state index contributed by atoms with van der Waals surface area (Å²) in [7, 11) is 4.25. The van der Waals surface area contributed by atoms with E-state index in [2.05, 4.69) is 45.9 Å². The van der Waals surface area contributed by atoms with Crippen molar-refractivity contribution in [3.05, 3.63) is 24.0 Å². The van der Waals surface area contributed by atoms with Crippen LogP contribution in [0.5, 0.6) is 0 Å². The van der Waals surface area contributed by atoms with Crippen LogP contribution in [0.2, 0.25) is 0 Å². The van der Waals surface area contributed by atoms with Crippen LogP contribution in [0, 0.1) is 0 Å². The van der Waals surface area contributed by atoms with Crippen molar-refractivity contribution in [2.45, 2.75) is 6.54 Å². The van der Waals surface area contributed by atoms with Crippen LogP contribution in [0.1, 0.15) is 5.69 Å². The summed E-state index contributed by atoms with van der Waals surface area (Å²) in [5.41, 5.74) is 7.86. The van der Waals surface area contributed by atoms with E-state index in [0.717, 1.165) is 45.0 Å². The van der Waals surface area contributed by atoms with E-state index in [-0.39, 0.29) is 0 Å². The lowest BCUT2D eigenvalue weighted by molar-refractivity contribution is 0.229. The summed E-state index contributed by atoms with van der Waals surface area (Å²) in [5, 5.41) is 0. The third-order valence-electron chi connectivity index (χ3n) is 3.61. The van der Waals surface area contributed by atoms with Gasteiger partial charge in [-0.1, -0.05) is 0 Å². The Labute approximate surface area is 116 Å². The molecule has 0 radical (unpaired) electrons. The van der Waals surface area contributed by atoms with Gasteiger partial charge in [-0.2, -0.15) is 0 Å². The van der Waals surface area contributed by atoms with Crippen molar-refractivity contribution in [1.29, 1.82) is 0 Å². The van der Waals surface area contributed by atoms with Crippen LogP contribution in [-0.4, -0.2) is 68.1 Å². The fourth-order valence-electron chi connectivity index (χ4n) is 2.34. The van der Waals surface area contributed by atoms with Gasteiger partial charge in [-0.25, -0.2) is 0 Å². The zero-order valence-electron chi connectivity index (χ0n) is 12.0. The molecule has 1 saturated heterocycles. The maximum Gasteiger partial charge on any atom is 0.0560 e. The molecule has 0 unspecified atom stereocenters. The highest BCUT2D eigenvalue weighted by Crippen LogP contribution is 2.16. The Morgan fingerprint density at radius 1 is 1.26 bits per heavy atom.